The van der Waals surface area contributed by atoms with Crippen LogP contribution < -0.4 is 0 Å². The van der Waals surface area contributed by atoms with Crippen molar-refractivity contribution in [3.63, 3.8) is 0 Å². The van der Waals surface area contributed by atoms with Gasteiger partial charge in [0.2, 0.25) is 0 Å². The van der Waals surface area contributed by atoms with Gasteiger partial charge in [-0.1, -0.05) is 33.3 Å². The summed E-state index contributed by atoms with van der Waals surface area (Å²) in [7, 11) is 1.43. The molecule has 0 unspecified atom stereocenters. The lowest BCUT2D eigenvalue weighted by Crippen LogP contribution is -2.63. The van der Waals surface area contributed by atoms with Crippen molar-refractivity contribution in [3.8, 4) is 0 Å². The highest BCUT2D eigenvalue weighted by Gasteiger charge is 2.66. The molecule has 1 spiro atoms. The minimum absolute atomic E-state index is 0.0708. The third kappa shape index (κ3) is 2.68. The Morgan fingerprint density at radius 3 is 2.56 bits per heavy atom. The van der Waals surface area contributed by atoms with Gasteiger partial charge >= 0.3 is 5.97 Å². The highest BCUT2D eigenvalue weighted by Crippen LogP contribution is 2.66. The fourth-order valence-corrected chi connectivity index (χ4v) is 6.46. The molecule has 1 N–H and O–H groups in total. The fraction of sp³-hybridized carbons (Fsp3) is 0.857. The summed E-state index contributed by atoms with van der Waals surface area (Å²) in [5.74, 6) is -0.0550. The standard InChI is InChI=1S/C21H34O4/c1-14-12-15(22)17-18(2,3)8-7-9-20(17,5)21(14)11-10-19(4,25-21)13-16(23)24-6/h12,15,17,22H,7-11,13H2,1-6H3/t15-,17+,19+,20+,21-/m1/s1. The Morgan fingerprint density at radius 1 is 1.24 bits per heavy atom. The summed E-state index contributed by atoms with van der Waals surface area (Å²) in [5, 5.41) is 10.9. The zero-order valence-electron chi connectivity index (χ0n) is 16.6. The third-order valence-electron chi connectivity index (χ3n) is 7.54. The lowest BCUT2D eigenvalue weighted by atomic mass is 9.46. The van der Waals surface area contributed by atoms with Crippen molar-refractivity contribution in [2.75, 3.05) is 7.11 Å². The Labute approximate surface area is 152 Å². The van der Waals surface area contributed by atoms with Gasteiger partial charge in [-0.25, -0.2) is 0 Å². The largest absolute Gasteiger partial charge is 0.469 e. The van der Waals surface area contributed by atoms with Gasteiger partial charge in [-0.3, -0.25) is 4.79 Å². The normalized spacial score (nSPS) is 45.8. The molecule has 142 valence electrons. The topological polar surface area (TPSA) is 55.8 Å². The van der Waals surface area contributed by atoms with Gasteiger partial charge < -0.3 is 14.6 Å². The van der Waals surface area contributed by atoms with Crippen LogP contribution >= 0.6 is 0 Å². The van der Waals surface area contributed by atoms with Gasteiger partial charge in [0, 0.05) is 11.3 Å². The number of aliphatic hydroxyl groups is 1. The summed E-state index contributed by atoms with van der Waals surface area (Å²) in [5.41, 5.74) is 0.184. The van der Waals surface area contributed by atoms with Crippen LogP contribution in [-0.4, -0.2) is 35.5 Å². The Bertz CT molecular complexity index is 595. The Hall–Kier alpha value is -0.870. The summed E-state index contributed by atoms with van der Waals surface area (Å²) >= 11 is 0. The van der Waals surface area contributed by atoms with Crippen LogP contribution in [0.5, 0.6) is 0 Å². The monoisotopic (exact) mass is 350 g/mol. The number of carbonyl (C=O) groups is 1. The van der Waals surface area contributed by atoms with E-state index in [1.807, 2.05) is 13.0 Å². The zero-order valence-corrected chi connectivity index (χ0v) is 16.6. The molecule has 1 saturated heterocycles. The quantitative estimate of drug-likeness (QED) is 0.604. The molecule has 2 aliphatic carbocycles. The van der Waals surface area contributed by atoms with Crippen LogP contribution in [0.2, 0.25) is 0 Å². The van der Waals surface area contributed by atoms with Crippen LogP contribution in [0.3, 0.4) is 0 Å². The molecule has 5 atom stereocenters. The maximum absolute atomic E-state index is 11.9. The van der Waals surface area contributed by atoms with Crippen molar-refractivity contribution >= 4 is 5.97 Å². The van der Waals surface area contributed by atoms with Crippen LogP contribution in [-0.2, 0) is 14.3 Å². The molecule has 3 rings (SSSR count). The predicted octanol–water partition coefficient (Wildman–Crippen LogP) is 4.01. The number of carbonyl (C=O) groups excluding carboxylic acids is 1. The van der Waals surface area contributed by atoms with E-state index in [1.54, 1.807) is 0 Å². The van der Waals surface area contributed by atoms with Gasteiger partial charge in [0.05, 0.1) is 30.8 Å². The SMILES string of the molecule is COC(=O)C[C@]1(C)CC[C@@]2(O1)C(C)=C[C@@H](O)[C@H]1C(C)(C)CCC[C@@]12C. The van der Waals surface area contributed by atoms with Crippen molar-refractivity contribution in [1.82, 2.24) is 0 Å². The van der Waals surface area contributed by atoms with Crippen LogP contribution in [0.1, 0.15) is 73.1 Å². The molecule has 0 radical (unpaired) electrons. The molecule has 0 aromatic heterocycles. The first-order chi connectivity index (χ1) is 11.5. The van der Waals surface area contributed by atoms with E-state index in [-0.39, 0.29) is 29.1 Å². The number of hydrogen-bond acceptors (Lipinski definition) is 4. The van der Waals surface area contributed by atoms with Crippen LogP contribution in [0.25, 0.3) is 0 Å². The smallest absolute Gasteiger partial charge is 0.308 e. The zero-order chi connectivity index (χ0) is 18.7. The minimum Gasteiger partial charge on any atom is -0.469 e. The van der Waals surface area contributed by atoms with E-state index in [9.17, 15) is 9.90 Å². The average Bonchev–Trinajstić information content (AvgIpc) is 2.84. The number of esters is 1. The maximum atomic E-state index is 11.9. The van der Waals surface area contributed by atoms with Crippen molar-refractivity contribution < 1.29 is 19.4 Å². The molecule has 2 fully saturated rings. The van der Waals surface area contributed by atoms with E-state index in [2.05, 4.69) is 27.7 Å². The molecular weight excluding hydrogens is 316 g/mol. The van der Waals surface area contributed by atoms with Gasteiger partial charge in [-0.15, -0.1) is 0 Å². The number of rotatable bonds is 2. The third-order valence-corrected chi connectivity index (χ3v) is 7.54. The molecule has 0 amide bonds. The molecule has 4 nitrogen and oxygen atoms in total. The molecule has 25 heavy (non-hydrogen) atoms. The summed E-state index contributed by atoms with van der Waals surface area (Å²) < 4.78 is 11.7. The summed E-state index contributed by atoms with van der Waals surface area (Å²) in [6.07, 6.45) is 6.95. The second-order valence-corrected chi connectivity index (χ2v) is 9.71. The van der Waals surface area contributed by atoms with Crippen molar-refractivity contribution in [2.24, 2.45) is 16.7 Å². The number of methoxy groups -OCH3 is 1. The van der Waals surface area contributed by atoms with E-state index in [1.165, 1.54) is 7.11 Å². The molecule has 1 heterocycles. The van der Waals surface area contributed by atoms with Gasteiger partial charge in [0.1, 0.15) is 0 Å². The highest BCUT2D eigenvalue weighted by atomic mass is 16.5. The first kappa shape index (κ1) is 18.9. The number of fused-ring (bicyclic) bond motifs is 2. The molecule has 0 aromatic carbocycles. The van der Waals surface area contributed by atoms with E-state index in [0.717, 1.165) is 37.7 Å². The molecule has 1 aliphatic heterocycles. The lowest BCUT2D eigenvalue weighted by Gasteiger charge is -2.62. The van der Waals surface area contributed by atoms with E-state index < -0.39 is 17.3 Å². The number of aliphatic hydroxyl groups excluding tert-OH is 1. The lowest BCUT2D eigenvalue weighted by molar-refractivity contribution is -0.209. The first-order valence-corrected chi connectivity index (χ1v) is 9.64. The Balaban J connectivity index is 2.03. The van der Waals surface area contributed by atoms with Gasteiger partial charge in [0.15, 0.2) is 0 Å². The second kappa shape index (κ2) is 5.82. The second-order valence-electron chi connectivity index (χ2n) is 9.71. The van der Waals surface area contributed by atoms with Crippen LogP contribution in [0.15, 0.2) is 11.6 Å². The van der Waals surface area contributed by atoms with E-state index >= 15 is 0 Å². The summed E-state index contributed by atoms with van der Waals surface area (Å²) in [4.78, 5) is 11.9. The average molecular weight is 350 g/mol. The van der Waals surface area contributed by atoms with Gasteiger partial charge in [0.25, 0.3) is 0 Å². The molecule has 1 saturated carbocycles. The fourth-order valence-electron chi connectivity index (χ4n) is 6.46. The number of ether oxygens (including phenoxy) is 2. The van der Waals surface area contributed by atoms with Crippen molar-refractivity contribution in [2.45, 2.75) is 90.4 Å². The summed E-state index contributed by atoms with van der Waals surface area (Å²) in [6, 6.07) is 0. The Morgan fingerprint density at radius 2 is 1.92 bits per heavy atom. The molecule has 4 heteroatoms. The minimum atomic E-state index is -0.500. The number of hydrogen-bond donors (Lipinski definition) is 1. The molecule has 0 bridgehead atoms. The maximum Gasteiger partial charge on any atom is 0.308 e. The molecular formula is C21H34O4. The molecule has 0 aromatic rings. The molecule has 3 aliphatic rings. The van der Waals surface area contributed by atoms with Crippen LogP contribution in [0.4, 0.5) is 0 Å². The van der Waals surface area contributed by atoms with E-state index in [4.69, 9.17) is 9.47 Å². The van der Waals surface area contributed by atoms with Crippen LogP contribution in [0, 0.1) is 16.7 Å². The predicted molar refractivity (Wildman–Crippen MR) is 97.1 cm³/mol. The van der Waals surface area contributed by atoms with Crippen molar-refractivity contribution in [3.05, 3.63) is 11.6 Å². The van der Waals surface area contributed by atoms with Gasteiger partial charge in [-0.2, -0.15) is 0 Å². The first-order valence-electron chi connectivity index (χ1n) is 9.64. The van der Waals surface area contributed by atoms with Gasteiger partial charge in [-0.05, 0) is 50.5 Å². The van der Waals surface area contributed by atoms with E-state index in [0.29, 0.717) is 0 Å². The highest BCUT2D eigenvalue weighted by molar-refractivity contribution is 5.70. The Kier molecular flexibility index (Phi) is 4.40. The van der Waals surface area contributed by atoms with Crippen molar-refractivity contribution in [1.29, 1.82) is 0 Å². The summed E-state index contributed by atoms with van der Waals surface area (Å²) in [6.45, 7) is 11.0.